The van der Waals surface area contributed by atoms with Crippen molar-refractivity contribution in [2.75, 3.05) is 5.73 Å². The highest BCUT2D eigenvalue weighted by Gasteiger charge is 2.27. The minimum atomic E-state index is -4.65. The summed E-state index contributed by atoms with van der Waals surface area (Å²) in [6.07, 6.45) is 0. The average molecular weight is 563 g/mol. The normalized spacial score (nSPS) is 12.8. The van der Waals surface area contributed by atoms with Crippen LogP contribution in [0.2, 0.25) is 0 Å². The summed E-state index contributed by atoms with van der Waals surface area (Å²) in [4.78, 5) is -1.33. The number of fused-ring (bicyclic) bond motifs is 1. The molecule has 0 bridgehead atoms. The first kappa shape index (κ1) is 26.2. The molecule has 37 heavy (non-hydrogen) atoms. The van der Waals surface area contributed by atoms with Gasteiger partial charge in [0.1, 0.15) is 22.0 Å². The number of nitrogens with two attached hydrogens (primary N) is 1. The smallest absolute Gasteiger partial charge is 0.294 e. The van der Waals surface area contributed by atoms with Gasteiger partial charge >= 0.3 is 0 Å². The summed E-state index contributed by atoms with van der Waals surface area (Å²) in [7, 11) is -13.7. The Morgan fingerprint density at radius 2 is 1.38 bits per heavy atom. The van der Waals surface area contributed by atoms with Gasteiger partial charge in [0.05, 0.1) is 20.9 Å². The van der Waals surface area contributed by atoms with Crippen molar-refractivity contribution >= 4 is 58.0 Å². The molecule has 0 saturated heterocycles. The number of benzene rings is 4. The number of phenols is 1. The Balaban J connectivity index is 1.79. The average Bonchev–Trinajstić information content (AvgIpc) is 2.83. The minimum absolute atomic E-state index is 0.0104. The third kappa shape index (κ3) is 5.45. The lowest BCUT2D eigenvalue weighted by Crippen LogP contribution is -2.30. The molecule has 192 valence electrons. The number of nitrogen functional groups attached to an aromatic ring is 1. The largest absolute Gasteiger partial charge is 0.507 e. The van der Waals surface area contributed by atoms with Crippen molar-refractivity contribution < 1.29 is 34.9 Å². The molecule has 0 saturated carbocycles. The van der Waals surface area contributed by atoms with Gasteiger partial charge in [-0.2, -0.15) is 8.42 Å². The van der Waals surface area contributed by atoms with Crippen molar-refractivity contribution in [3.05, 3.63) is 78.9 Å². The maximum absolute atomic E-state index is 13.0. The van der Waals surface area contributed by atoms with Crippen molar-refractivity contribution in [3.8, 4) is 5.75 Å². The molecule has 0 spiro atoms. The van der Waals surface area contributed by atoms with E-state index in [0.29, 0.717) is 0 Å². The number of sulfonamides is 2. The Morgan fingerprint density at radius 3 is 2.05 bits per heavy atom. The molecule has 0 aliphatic carbocycles. The molecule has 0 aliphatic heterocycles. The molecule has 0 unspecified atom stereocenters. The lowest BCUT2D eigenvalue weighted by molar-refractivity contribution is 0.471. The molecule has 4 aromatic rings. The first-order valence-corrected chi connectivity index (χ1v) is 14.6. The Labute approximate surface area is 212 Å². The molecule has 12 nitrogen and oxygen atoms in total. The molecular weight excluding hydrogens is 544 g/mol. The van der Waals surface area contributed by atoms with Crippen molar-refractivity contribution in [2.24, 2.45) is 10.2 Å². The van der Waals surface area contributed by atoms with Crippen LogP contribution in [0.1, 0.15) is 0 Å². The monoisotopic (exact) mass is 562 g/mol. The lowest BCUT2D eigenvalue weighted by Gasteiger charge is -2.10. The van der Waals surface area contributed by atoms with Gasteiger partial charge in [-0.15, -0.1) is 14.4 Å². The molecule has 0 aliphatic rings. The van der Waals surface area contributed by atoms with Crippen LogP contribution in [-0.2, 0) is 30.2 Å². The zero-order chi connectivity index (χ0) is 27.0. The molecule has 0 heterocycles. The second-order valence-electron chi connectivity index (χ2n) is 7.59. The zero-order valence-electron chi connectivity index (χ0n) is 18.5. The summed E-state index contributed by atoms with van der Waals surface area (Å²) in [5.41, 5.74) is 5.62. The Hall–Kier alpha value is -3.89. The summed E-state index contributed by atoms with van der Waals surface area (Å²) in [5.74, 6) is -0.581. The number of nitrogens with one attached hydrogen (secondary N) is 1. The minimum Gasteiger partial charge on any atom is -0.507 e. The predicted octanol–water partition coefficient (Wildman–Crippen LogP) is 3.46. The van der Waals surface area contributed by atoms with Crippen molar-refractivity contribution in [2.45, 2.75) is 14.7 Å². The van der Waals surface area contributed by atoms with E-state index >= 15 is 0 Å². The molecule has 5 N–H and O–H groups in total. The van der Waals surface area contributed by atoms with Crippen LogP contribution in [0, 0.1) is 0 Å². The fraction of sp³-hybridized carbons (Fsp3) is 0. The fourth-order valence-corrected chi connectivity index (χ4v) is 6.97. The molecule has 0 radical (unpaired) electrons. The molecular formula is C22H18N4O8S3. The van der Waals surface area contributed by atoms with E-state index in [1.807, 2.05) is 0 Å². The van der Waals surface area contributed by atoms with E-state index in [1.54, 1.807) is 10.2 Å². The Morgan fingerprint density at radius 1 is 0.730 bits per heavy atom. The molecule has 0 fully saturated rings. The number of rotatable bonds is 7. The van der Waals surface area contributed by atoms with Gasteiger partial charge < -0.3 is 10.8 Å². The summed E-state index contributed by atoms with van der Waals surface area (Å²) >= 11 is 0. The molecule has 4 rings (SSSR count). The van der Waals surface area contributed by atoms with Crippen molar-refractivity contribution in [3.63, 3.8) is 0 Å². The van der Waals surface area contributed by atoms with Crippen LogP contribution in [0.3, 0.4) is 0 Å². The molecule has 15 heteroatoms. The third-order valence-electron chi connectivity index (χ3n) is 5.06. The van der Waals surface area contributed by atoms with E-state index in [-0.39, 0.29) is 32.7 Å². The van der Waals surface area contributed by atoms with Gasteiger partial charge in [0.2, 0.25) is 0 Å². The first-order valence-electron chi connectivity index (χ1n) is 10.2. The van der Waals surface area contributed by atoms with Gasteiger partial charge in [-0.1, -0.05) is 36.4 Å². The maximum atomic E-state index is 13.0. The number of hydrogen-bond donors (Lipinski definition) is 4. The van der Waals surface area contributed by atoms with Gasteiger partial charge in [0.25, 0.3) is 30.2 Å². The summed E-state index contributed by atoms with van der Waals surface area (Å²) < 4.78 is 85.1. The summed E-state index contributed by atoms with van der Waals surface area (Å²) in [6.45, 7) is 0. The first-order chi connectivity index (χ1) is 17.3. The van der Waals surface area contributed by atoms with Gasteiger partial charge in [-0.05, 0) is 41.8 Å². The molecule has 4 aromatic carbocycles. The van der Waals surface area contributed by atoms with Gasteiger partial charge in [-0.25, -0.2) is 16.8 Å². The van der Waals surface area contributed by atoms with E-state index in [4.69, 9.17) is 5.73 Å². The van der Waals surface area contributed by atoms with E-state index in [0.717, 1.165) is 18.2 Å². The maximum Gasteiger partial charge on any atom is 0.294 e. The predicted molar refractivity (Wildman–Crippen MR) is 134 cm³/mol. The lowest BCUT2D eigenvalue weighted by atomic mass is 10.1. The Bertz CT molecular complexity index is 1870. The van der Waals surface area contributed by atoms with Crippen LogP contribution in [0.25, 0.3) is 10.8 Å². The number of phenolic OH excluding ortho intramolecular Hbond substituents is 1. The van der Waals surface area contributed by atoms with Crippen LogP contribution in [0.15, 0.2) is 104 Å². The summed E-state index contributed by atoms with van der Waals surface area (Å²) in [5, 5.41) is 18.5. The van der Waals surface area contributed by atoms with Gasteiger partial charge in [0.15, 0.2) is 0 Å². The second kappa shape index (κ2) is 9.53. The quantitative estimate of drug-likeness (QED) is 0.148. The topological polar surface area (TPSA) is 206 Å². The van der Waals surface area contributed by atoms with Crippen LogP contribution in [0.5, 0.6) is 5.75 Å². The van der Waals surface area contributed by atoms with E-state index in [1.165, 1.54) is 54.6 Å². The highest BCUT2D eigenvalue weighted by molar-refractivity contribution is 8.04. The van der Waals surface area contributed by atoms with Crippen LogP contribution < -0.4 is 9.86 Å². The second-order valence-corrected chi connectivity index (χ2v) is 12.6. The zero-order valence-corrected chi connectivity index (χ0v) is 21.0. The number of nitrogens with zero attached hydrogens (tertiary/aromatic N) is 2. The number of azo groups is 1. The number of anilines is 1. The van der Waals surface area contributed by atoms with Gasteiger partial charge in [0, 0.05) is 6.07 Å². The van der Waals surface area contributed by atoms with Crippen molar-refractivity contribution in [1.29, 1.82) is 0 Å². The molecule has 0 aromatic heterocycles. The fourth-order valence-electron chi connectivity index (χ4n) is 3.38. The number of aromatic hydroxyl groups is 1. The van der Waals surface area contributed by atoms with Crippen LogP contribution >= 0.6 is 0 Å². The Kier molecular flexibility index (Phi) is 6.74. The van der Waals surface area contributed by atoms with Crippen molar-refractivity contribution in [1.82, 2.24) is 4.13 Å². The standard InChI is InChI=1S/C22H18N4O8S3/c23-17-11-10-14-12-16(37(32,33)34)13-19(27)21(14)22(17)25-24-18-8-4-5-9-20(18)36(30,31)26-35(28,29)15-6-2-1-3-7-15/h1-13,26-27H,23H2,(H,32,33,34). The highest BCUT2D eigenvalue weighted by atomic mass is 32.3. The van der Waals surface area contributed by atoms with E-state index < -0.39 is 45.7 Å². The van der Waals surface area contributed by atoms with Crippen LogP contribution in [0.4, 0.5) is 17.1 Å². The van der Waals surface area contributed by atoms with E-state index in [2.05, 4.69) is 10.2 Å². The number of hydrogen-bond acceptors (Lipinski definition) is 10. The van der Waals surface area contributed by atoms with E-state index in [9.17, 15) is 34.9 Å². The third-order valence-corrected chi connectivity index (χ3v) is 9.46. The molecule has 0 atom stereocenters. The summed E-state index contributed by atoms with van der Waals surface area (Å²) in [6, 6.07) is 16.7. The van der Waals surface area contributed by atoms with Gasteiger partial charge in [-0.3, -0.25) is 4.55 Å². The van der Waals surface area contributed by atoms with Crippen LogP contribution in [-0.4, -0.2) is 34.9 Å². The molecule has 0 amide bonds. The SMILES string of the molecule is Nc1ccc2cc(S(=O)(=O)O)cc(O)c2c1N=Nc1ccccc1S(=O)(=O)NS(=O)(=O)c1ccccc1. The highest BCUT2D eigenvalue weighted by Crippen LogP contribution is 2.40.